The van der Waals surface area contributed by atoms with Gasteiger partial charge in [-0.25, -0.2) is 0 Å². The normalized spacial score (nSPS) is 12.0. The maximum absolute atomic E-state index is 12.4. The van der Waals surface area contributed by atoms with Crippen LogP contribution in [0.3, 0.4) is 0 Å². The number of aromatic hydroxyl groups is 1. The van der Waals surface area contributed by atoms with Crippen LogP contribution < -0.4 is 10.9 Å². The summed E-state index contributed by atoms with van der Waals surface area (Å²) in [5, 5.41) is 13.7. The van der Waals surface area contributed by atoms with Gasteiger partial charge in [-0.3, -0.25) is 9.59 Å². The molecule has 5 nitrogen and oxygen atoms in total. The Morgan fingerprint density at radius 2 is 2.00 bits per heavy atom. The van der Waals surface area contributed by atoms with Gasteiger partial charge in [0, 0.05) is 19.3 Å². The molecule has 7 heteroatoms. The zero-order valence-corrected chi connectivity index (χ0v) is 15.6. The lowest BCUT2D eigenvalue weighted by Crippen LogP contribution is -2.35. The van der Waals surface area contributed by atoms with E-state index in [2.05, 4.69) is 5.32 Å². The predicted molar refractivity (Wildman–Crippen MR) is 99.7 cm³/mol. The quantitative estimate of drug-likeness (QED) is 0.802. The predicted octanol–water partition coefficient (Wildman–Crippen LogP) is 3.54. The third-order valence-electron chi connectivity index (χ3n) is 4.08. The number of rotatable bonds is 6. The van der Waals surface area contributed by atoms with E-state index in [9.17, 15) is 14.7 Å². The van der Waals surface area contributed by atoms with Crippen LogP contribution in [0.5, 0.6) is 5.75 Å². The van der Waals surface area contributed by atoms with E-state index in [4.69, 9.17) is 23.2 Å². The van der Waals surface area contributed by atoms with Gasteiger partial charge in [-0.05, 0) is 43.0 Å². The van der Waals surface area contributed by atoms with E-state index in [1.54, 1.807) is 6.07 Å². The van der Waals surface area contributed by atoms with Crippen LogP contribution in [0.25, 0.3) is 0 Å². The molecule has 0 aliphatic heterocycles. The summed E-state index contributed by atoms with van der Waals surface area (Å²) in [5.74, 6) is -1.00. The van der Waals surface area contributed by atoms with Gasteiger partial charge < -0.3 is 15.0 Å². The molecule has 0 aliphatic carbocycles. The van der Waals surface area contributed by atoms with E-state index in [1.807, 2.05) is 19.1 Å². The highest BCUT2D eigenvalue weighted by atomic mass is 35.5. The van der Waals surface area contributed by atoms with Crippen molar-refractivity contribution in [2.24, 2.45) is 7.05 Å². The first-order valence-electron chi connectivity index (χ1n) is 7.96. The molecule has 0 fully saturated rings. The first kappa shape index (κ1) is 19.3. The van der Waals surface area contributed by atoms with Crippen molar-refractivity contribution in [2.75, 3.05) is 0 Å². The van der Waals surface area contributed by atoms with Gasteiger partial charge in [-0.15, -0.1) is 0 Å². The zero-order valence-electron chi connectivity index (χ0n) is 14.1. The van der Waals surface area contributed by atoms with Crippen LogP contribution in [0.2, 0.25) is 10.0 Å². The Kier molecular flexibility index (Phi) is 6.51. The second-order valence-electron chi connectivity index (χ2n) is 5.86. The van der Waals surface area contributed by atoms with Crippen LogP contribution in [0.1, 0.15) is 35.7 Å². The van der Waals surface area contributed by atoms with Crippen LogP contribution in [0.4, 0.5) is 0 Å². The van der Waals surface area contributed by atoms with Crippen LogP contribution in [0, 0.1) is 0 Å². The molecule has 2 aromatic rings. The fourth-order valence-corrected chi connectivity index (χ4v) is 2.80. The van der Waals surface area contributed by atoms with Crippen LogP contribution >= 0.6 is 23.2 Å². The summed E-state index contributed by atoms with van der Waals surface area (Å²) in [5.41, 5.74) is 0.408. The Bertz CT molecular complexity index is 834. The van der Waals surface area contributed by atoms with Crippen LogP contribution in [-0.4, -0.2) is 21.6 Å². The van der Waals surface area contributed by atoms with E-state index >= 15 is 0 Å². The molecule has 134 valence electrons. The summed E-state index contributed by atoms with van der Waals surface area (Å²) in [6.07, 6.45) is 3.59. The number of aryl methyl sites for hydroxylation is 2. The lowest BCUT2D eigenvalue weighted by Gasteiger charge is -2.17. The standard InChI is InChI=1S/C18H20Cl2N2O3/c1-3-12(6-4-11-5-7-14(19)15(20)10-11)21-17(24)13-8-9-22(2)18(25)16(13)23/h5,7-10,12,23H,3-4,6H2,1-2H3,(H,21,24). The molecule has 0 bridgehead atoms. The van der Waals surface area contributed by atoms with Crippen molar-refractivity contribution in [3.8, 4) is 5.75 Å². The van der Waals surface area contributed by atoms with E-state index in [0.29, 0.717) is 16.5 Å². The molecule has 1 aromatic heterocycles. The monoisotopic (exact) mass is 382 g/mol. The summed E-state index contributed by atoms with van der Waals surface area (Å²) >= 11 is 11.9. The van der Waals surface area contributed by atoms with Crippen molar-refractivity contribution in [1.82, 2.24) is 9.88 Å². The third kappa shape index (κ3) is 4.77. The van der Waals surface area contributed by atoms with E-state index in [-0.39, 0.29) is 11.6 Å². The number of nitrogens with zero attached hydrogens (tertiary/aromatic N) is 1. The number of halogens is 2. The summed E-state index contributed by atoms with van der Waals surface area (Å²) in [6.45, 7) is 1.96. The second kappa shape index (κ2) is 8.41. The zero-order chi connectivity index (χ0) is 18.6. The van der Waals surface area contributed by atoms with E-state index in [0.717, 1.165) is 18.4 Å². The van der Waals surface area contributed by atoms with Crippen molar-refractivity contribution >= 4 is 29.1 Å². The maximum Gasteiger partial charge on any atom is 0.293 e. The summed E-state index contributed by atoms with van der Waals surface area (Å²) in [4.78, 5) is 24.1. The third-order valence-corrected chi connectivity index (χ3v) is 4.82. The molecule has 2 rings (SSSR count). The largest absolute Gasteiger partial charge is 0.502 e. The molecule has 0 saturated carbocycles. The fourth-order valence-electron chi connectivity index (χ4n) is 2.48. The minimum Gasteiger partial charge on any atom is -0.502 e. The van der Waals surface area contributed by atoms with Crippen molar-refractivity contribution in [3.63, 3.8) is 0 Å². The Morgan fingerprint density at radius 3 is 2.64 bits per heavy atom. The van der Waals surface area contributed by atoms with Crippen LogP contribution in [0.15, 0.2) is 35.3 Å². The van der Waals surface area contributed by atoms with E-state index < -0.39 is 17.2 Å². The summed E-state index contributed by atoms with van der Waals surface area (Å²) in [6, 6.07) is 6.79. The average molecular weight is 383 g/mol. The molecule has 1 unspecified atom stereocenters. The van der Waals surface area contributed by atoms with Gasteiger partial charge in [0.05, 0.1) is 15.6 Å². The molecule has 2 N–H and O–H groups in total. The number of amides is 1. The van der Waals surface area contributed by atoms with Crippen molar-refractivity contribution in [2.45, 2.75) is 32.2 Å². The van der Waals surface area contributed by atoms with Gasteiger partial charge in [0.2, 0.25) is 0 Å². The molecule has 0 aliphatic rings. The van der Waals surface area contributed by atoms with Crippen molar-refractivity contribution < 1.29 is 9.90 Å². The molecule has 0 radical (unpaired) electrons. The molecule has 0 spiro atoms. The number of aromatic nitrogens is 1. The molecular formula is C18H20Cl2N2O3. The number of carbonyl (C=O) groups excluding carboxylic acids is 1. The SMILES string of the molecule is CCC(CCc1ccc(Cl)c(Cl)c1)NC(=O)c1ccn(C)c(=O)c1O. The number of carbonyl (C=O) groups is 1. The number of pyridine rings is 1. The Balaban J connectivity index is 2.04. The maximum atomic E-state index is 12.4. The Morgan fingerprint density at radius 1 is 1.28 bits per heavy atom. The molecule has 1 heterocycles. The molecule has 1 amide bonds. The highest BCUT2D eigenvalue weighted by molar-refractivity contribution is 6.42. The highest BCUT2D eigenvalue weighted by Crippen LogP contribution is 2.23. The highest BCUT2D eigenvalue weighted by Gasteiger charge is 2.18. The number of nitrogens with one attached hydrogen (secondary N) is 1. The molecule has 1 atom stereocenters. The first-order chi connectivity index (χ1) is 11.8. The Labute approximate surface area is 156 Å². The molecular weight excluding hydrogens is 363 g/mol. The average Bonchev–Trinajstić information content (AvgIpc) is 2.59. The fraction of sp³-hybridized carbons (Fsp3) is 0.333. The van der Waals surface area contributed by atoms with Gasteiger partial charge >= 0.3 is 0 Å². The van der Waals surface area contributed by atoms with E-state index in [1.165, 1.54) is 23.9 Å². The minimum atomic E-state index is -0.600. The molecule has 1 aromatic carbocycles. The number of benzene rings is 1. The van der Waals surface area contributed by atoms with Gasteiger partial charge in [0.1, 0.15) is 0 Å². The van der Waals surface area contributed by atoms with Crippen LogP contribution in [-0.2, 0) is 13.5 Å². The van der Waals surface area contributed by atoms with Gasteiger partial charge in [0.25, 0.3) is 11.5 Å². The van der Waals surface area contributed by atoms with Gasteiger partial charge in [-0.2, -0.15) is 0 Å². The second-order valence-corrected chi connectivity index (χ2v) is 6.67. The van der Waals surface area contributed by atoms with Crippen molar-refractivity contribution in [3.05, 3.63) is 62.0 Å². The smallest absolute Gasteiger partial charge is 0.293 e. The molecule has 25 heavy (non-hydrogen) atoms. The van der Waals surface area contributed by atoms with Gasteiger partial charge in [0.15, 0.2) is 5.75 Å². The topological polar surface area (TPSA) is 71.3 Å². The summed E-state index contributed by atoms with van der Waals surface area (Å²) in [7, 11) is 1.51. The first-order valence-corrected chi connectivity index (χ1v) is 8.72. The Hall–Kier alpha value is -1.98. The summed E-state index contributed by atoms with van der Waals surface area (Å²) < 4.78 is 1.22. The minimum absolute atomic E-state index is 0.0175. The lowest BCUT2D eigenvalue weighted by molar-refractivity contribution is 0.0930. The number of hydrogen-bond donors (Lipinski definition) is 2. The lowest BCUT2D eigenvalue weighted by atomic mass is 10.0. The van der Waals surface area contributed by atoms with Gasteiger partial charge in [-0.1, -0.05) is 36.2 Å². The molecule has 0 saturated heterocycles. The van der Waals surface area contributed by atoms with Crippen molar-refractivity contribution in [1.29, 1.82) is 0 Å². The number of hydrogen-bond acceptors (Lipinski definition) is 3.